The van der Waals surface area contributed by atoms with Crippen LogP contribution in [-0.4, -0.2) is 56.4 Å². The maximum absolute atomic E-state index is 12.9. The molecule has 2 heterocycles. The molecule has 2 aliphatic carbocycles. The van der Waals surface area contributed by atoms with Gasteiger partial charge in [-0.3, -0.25) is 19.5 Å². The van der Waals surface area contributed by atoms with Gasteiger partial charge in [0.15, 0.2) is 0 Å². The minimum atomic E-state index is -2.69. The number of carbonyl (C=O) groups is 3. The van der Waals surface area contributed by atoms with E-state index in [0.717, 1.165) is 42.0 Å². The van der Waals surface area contributed by atoms with Crippen molar-refractivity contribution in [1.29, 1.82) is 0 Å². The summed E-state index contributed by atoms with van der Waals surface area (Å²) >= 11 is 0. The summed E-state index contributed by atoms with van der Waals surface area (Å²) in [5.41, 5.74) is 3.69. The molecule has 0 radical (unpaired) electrons. The largest absolute Gasteiger partial charge is 0.483 e. The van der Waals surface area contributed by atoms with Gasteiger partial charge in [-0.25, -0.2) is 8.78 Å². The summed E-state index contributed by atoms with van der Waals surface area (Å²) in [6.45, 7) is 2.36. The molecule has 2 aliphatic rings. The molecule has 1 fully saturated rings. The Morgan fingerprint density at radius 1 is 1.30 bits per heavy atom. The molecule has 0 saturated heterocycles. The summed E-state index contributed by atoms with van der Waals surface area (Å²) in [5.74, 6) is -2.78. The Labute approximate surface area is 187 Å². The number of aromatic nitrogens is 3. The van der Waals surface area contributed by atoms with Crippen molar-refractivity contribution in [3.8, 4) is 0 Å². The smallest absolute Gasteiger partial charge is 0.290 e. The molecule has 1 atom stereocenters. The summed E-state index contributed by atoms with van der Waals surface area (Å²) in [7, 11) is 0. The molecule has 0 aliphatic heterocycles. The zero-order chi connectivity index (χ0) is 24.4. The topological polar surface area (TPSA) is 170 Å². The first-order chi connectivity index (χ1) is 15.7. The highest BCUT2D eigenvalue weighted by atomic mass is 19.3. The van der Waals surface area contributed by atoms with Crippen LogP contribution >= 0.6 is 0 Å². The van der Waals surface area contributed by atoms with Gasteiger partial charge in [-0.15, -0.1) is 0 Å². The SMILES string of the molecule is Cc1cc(CNC2CCc3onc(CNC(=O)C4CC(F)(F)C4)c3C2)n[nH]1.O=CO.O=CO. The van der Waals surface area contributed by atoms with E-state index in [4.69, 9.17) is 24.3 Å². The Balaban J connectivity index is 0.000000582. The van der Waals surface area contributed by atoms with E-state index < -0.39 is 11.8 Å². The number of rotatable bonds is 6. The number of nitrogens with one attached hydrogen (secondary N) is 3. The van der Waals surface area contributed by atoms with Crippen molar-refractivity contribution in [2.24, 2.45) is 5.92 Å². The van der Waals surface area contributed by atoms with Gasteiger partial charge in [0.1, 0.15) is 11.5 Å². The van der Waals surface area contributed by atoms with Gasteiger partial charge in [0, 0.05) is 49.0 Å². The fourth-order valence-electron chi connectivity index (χ4n) is 3.75. The number of halogens is 2. The predicted molar refractivity (Wildman–Crippen MR) is 109 cm³/mol. The number of aryl methyl sites for hydroxylation is 2. The van der Waals surface area contributed by atoms with Crippen LogP contribution in [0.1, 0.15) is 47.7 Å². The van der Waals surface area contributed by atoms with Crippen LogP contribution in [0.5, 0.6) is 0 Å². The van der Waals surface area contributed by atoms with Crippen LogP contribution in [-0.2, 0) is 40.3 Å². The quantitative estimate of drug-likeness (QED) is 0.391. The third kappa shape index (κ3) is 7.63. The average Bonchev–Trinajstić information content (AvgIpc) is 3.35. The summed E-state index contributed by atoms with van der Waals surface area (Å²) in [6.07, 6.45) is 1.74. The number of alkyl halides is 2. The van der Waals surface area contributed by atoms with Crippen LogP contribution in [0.4, 0.5) is 8.78 Å². The number of fused-ring (bicyclic) bond motifs is 1. The maximum Gasteiger partial charge on any atom is 0.290 e. The van der Waals surface area contributed by atoms with Crippen molar-refractivity contribution in [2.75, 3.05) is 0 Å². The van der Waals surface area contributed by atoms with Crippen LogP contribution in [0.2, 0.25) is 0 Å². The van der Waals surface area contributed by atoms with Gasteiger partial charge in [0.05, 0.1) is 12.2 Å². The summed E-state index contributed by atoms with van der Waals surface area (Å²) in [6, 6.07) is 2.28. The third-order valence-electron chi connectivity index (χ3n) is 5.34. The highest BCUT2D eigenvalue weighted by molar-refractivity contribution is 5.79. The molecule has 4 rings (SSSR count). The van der Waals surface area contributed by atoms with Gasteiger partial charge in [0.25, 0.3) is 12.9 Å². The fourth-order valence-corrected chi connectivity index (χ4v) is 3.75. The van der Waals surface area contributed by atoms with Gasteiger partial charge in [-0.1, -0.05) is 5.16 Å². The van der Waals surface area contributed by atoms with Crippen molar-refractivity contribution in [1.82, 2.24) is 26.0 Å². The molecule has 0 aromatic carbocycles. The molecule has 11 nitrogen and oxygen atoms in total. The Bertz CT molecular complexity index is 918. The molecule has 1 amide bonds. The predicted octanol–water partition coefficient (Wildman–Crippen LogP) is 1.42. The molecule has 2 aromatic rings. The van der Waals surface area contributed by atoms with E-state index in [9.17, 15) is 13.6 Å². The minimum Gasteiger partial charge on any atom is -0.483 e. The number of amides is 1. The van der Waals surface area contributed by atoms with Crippen molar-refractivity contribution in [3.05, 3.63) is 34.5 Å². The Morgan fingerprint density at radius 2 is 1.97 bits per heavy atom. The lowest BCUT2D eigenvalue weighted by atomic mass is 9.81. The monoisotopic (exact) mass is 471 g/mol. The highest BCUT2D eigenvalue weighted by Gasteiger charge is 2.48. The van der Waals surface area contributed by atoms with E-state index in [1.54, 1.807) is 0 Å². The first kappa shape index (κ1) is 25.9. The molecule has 5 N–H and O–H groups in total. The lowest BCUT2D eigenvalue weighted by Gasteiger charge is -2.33. The molecule has 13 heteroatoms. The molecule has 1 unspecified atom stereocenters. The Hall–Kier alpha value is -3.35. The zero-order valence-corrected chi connectivity index (χ0v) is 18.0. The molecule has 0 bridgehead atoms. The van der Waals surface area contributed by atoms with E-state index in [1.165, 1.54) is 0 Å². The van der Waals surface area contributed by atoms with E-state index in [-0.39, 0.29) is 44.3 Å². The Kier molecular flexibility index (Phi) is 9.45. The lowest BCUT2D eigenvalue weighted by Crippen LogP contribution is -2.44. The fraction of sp³-hybridized carbons (Fsp3) is 0.550. The lowest BCUT2D eigenvalue weighted by molar-refractivity contribution is -0.150. The second kappa shape index (κ2) is 12.0. The van der Waals surface area contributed by atoms with E-state index in [0.29, 0.717) is 12.2 Å². The van der Waals surface area contributed by atoms with Crippen molar-refractivity contribution in [3.63, 3.8) is 0 Å². The number of carbonyl (C=O) groups excluding carboxylic acids is 1. The summed E-state index contributed by atoms with van der Waals surface area (Å²) in [4.78, 5) is 28.7. The van der Waals surface area contributed by atoms with Crippen molar-refractivity contribution in [2.45, 2.75) is 64.1 Å². The highest BCUT2D eigenvalue weighted by Crippen LogP contribution is 2.42. The molecule has 2 aromatic heterocycles. The summed E-state index contributed by atoms with van der Waals surface area (Å²) in [5, 5.41) is 31.2. The van der Waals surface area contributed by atoms with Crippen LogP contribution in [0.3, 0.4) is 0 Å². The first-order valence-corrected chi connectivity index (χ1v) is 10.2. The van der Waals surface area contributed by atoms with Gasteiger partial charge in [0.2, 0.25) is 11.8 Å². The second-order valence-corrected chi connectivity index (χ2v) is 7.78. The van der Waals surface area contributed by atoms with Gasteiger partial charge >= 0.3 is 0 Å². The van der Waals surface area contributed by atoms with Gasteiger partial charge in [-0.2, -0.15) is 5.10 Å². The van der Waals surface area contributed by atoms with E-state index in [2.05, 4.69) is 26.0 Å². The number of carboxylic acid groups (broad SMARTS) is 2. The van der Waals surface area contributed by atoms with Gasteiger partial charge in [-0.05, 0) is 25.8 Å². The third-order valence-corrected chi connectivity index (χ3v) is 5.34. The van der Waals surface area contributed by atoms with Crippen LogP contribution in [0.25, 0.3) is 0 Å². The van der Waals surface area contributed by atoms with Gasteiger partial charge < -0.3 is 25.4 Å². The molecule has 33 heavy (non-hydrogen) atoms. The standard InChI is InChI=1S/C18H23F2N5O2.2CH2O2/c1-10-4-13(24-23-10)8-21-12-2-3-16-14(5-12)15(25-27-16)9-22-17(26)11-6-18(19,20)7-11;2*2-1-3/h4,11-12,21H,2-3,5-9H2,1H3,(H,22,26)(H,23,24);2*1H,(H,2,3). The van der Waals surface area contributed by atoms with E-state index >= 15 is 0 Å². The second-order valence-electron chi connectivity index (χ2n) is 7.78. The number of aromatic amines is 1. The number of H-pyrrole nitrogens is 1. The van der Waals surface area contributed by atoms with Crippen LogP contribution in [0, 0.1) is 12.8 Å². The maximum atomic E-state index is 12.9. The van der Waals surface area contributed by atoms with Crippen LogP contribution in [0.15, 0.2) is 10.6 Å². The first-order valence-electron chi connectivity index (χ1n) is 10.2. The molecule has 1 saturated carbocycles. The van der Waals surface area contributed by atoms with E-state index in [1.807, 2.05) is 13.0 Å². The number of hydrogen-bond acceptors (Lipinski definition) is 7. The molecular formula is C20H27F2N5O6. The molecule has 182 valence electrons. The minimum absolute atomic E-state index is 0.213. The molecular weight excluding hydrogens is 444 g/mol. The average molecular weight is 471 g/mol. The van der Waals surface area contributed by atoms with Crippen LogP contribution < -0.4 is 10.6 Å². The normalized spacial score (nSPS) is 18.3. The van der Waals surface area contributed by atoms with Crippen molar-refractivity contribution >= 4 is 18.9 Å². The summed E-state index contributed by atoms with van der Waals surface area (Å²) < 4.78 is 31.2. The molecule has 0 spiro atoms. The Morgan fingerprint density at radius 3 is 2.55 bits per heavy atom. The number of nitrogens with zero attached hydrogens (tertiary/aromatic N) is 2. The zero-order valence-electron chi connectivity index (χ0n) is 18.0. The number of hydrogen-bond donors (Lipinski definition) is 5. The van der Waals surface area contributed by atoms with Crippen molar-refractivity contribution < 1.29 is 37.9 Å².